The van der Waals surface area contributed by atoms with Crippen molar-refractivity contribution in [3.8, 4) is 0 Å². The number of carbonyl (C=O) groups is 1. The average molecular weight is 367 g/mol. The maximum Gasteiger partial charge on any atom is 0.338 e. The molecule has 2 heterocycles. The molecule has 0 bridgehead atoms. The molecule has 6 nitrogen and oxygen atoms in total. The maximum absolute atomic E-state index is 12.7. The van der Waals surface area contributed by atoms with Gasteiger partial charge in [0, 0.05) is 5.02 Å². The van der Waals surface area contributed by atoms with Crippen LogP contribution in [-0.2, 0) is 9.53 Å². The minimum absolute atomic E-state index is 0.433. The second-order valence-corrected chi connectivity index (χ2v) is 6.19. The fourth-order valence-corrected chi connectivity index (χ4v) is 3.20. The molecule has 3 aromatic rings. The molecule has 0 radical (unpaired) electrons. The number of halogens is 1. The Hall–Kier alpha value is -3.12. The second-order valence-electron chi connectivity index (χ2n) is 5.75. The van der Waals surface area contributed by atoms with Crippen molar-refractivity contribution >= 4 is 29.2 Å². The number of ether oxygens (including phenoxy) is 1. The van der Waals surface area contributed by atoms with E-state index in [4.69, 9.17) is 16.3 Å². The molecule has 0 amide bonds. The van der Waals surface area contributed by atoms with Gasteiger partial charge in [-0.2, -0.15) is 10.1 Å². The third-order valence-electron chi connectivity index (χ3n) is 4.25. The van der Waals surface area contributed by atoms with Crippen molar-refractivity contribution in [1.82, 2.24) is 14.8 Å². The van der Waals surface area contributed by atoms with Gasteiger partial charge in [0.1, 0.15) is 12.4 Å². The fourth-order valence-electron chi connectivity index (χ4n) is 3.08. The summed E-state index contributed by atoms with van der Waals surface area (Å²) in [6.45, 7) is 0. The molecule has 1 aromatic heterocycles. The third-order valence-corrected chi connectivity index (χ3v) is 4.50. The molecule has 4 rings (SSSR count). The molecule has 0 saturated carbocycles. The van der Waals surface area contributed by atoms with E-state index in [0.29, 0.717) is 22.2 Å². The van der Waals surface area contributed by atoms with Gasteiger partial charge in [-0.1, -0.05) is 54.1 Å². The number of carbonyl (C=O) groups excluding carboxylic acids is 1. The quantitative estimate of drug-likeness (QED) is 0.718. The van der Waals surface area contributed by atoms with E-state index in [1.165, 1.54) is 13.4 Å². The van der Waals surface area contributed by atoms with E-state index in [1.807, 2.05) is 42.5 Å². The molecule has 0 aliphatic carbocycles. The highest BCUT2D eigenvalue weighted by Crippen LogP contribution is 2.38. The fraction of sp³-hybridized carbons (Fsp3) is 0.105. The van der Waals surface area contributed by atoms with Crippen LogP contribution in [0.2, 0.25) is 5.02 Å². The lowest BCUT2D eigenvalue weighted by Crippen LogP contribution is -2.29. The van der Waals surface area contributed by atoms with E-state index in [9.17, 15) is 4.79 Å². The van der Waals surface area contributed by atoms with E-state index in [0.717, 1.165) is 11.1 Å². The summed E-state index contributed by atoms with van der Waals surface area (Å²) in [6, 6.07) is 16.4. The minimum Gasteiger partial charge on any atom is -0.466 e. The second kappa shape index (κ2) is 6.65. The van der Waals surface area contributed by atoms with Gasteiger partial charge in [0.2, 0.25) is 5.95 Å². The van der Waals surface area contributed by atoms with Gasteiger partial charge in [-0.3, -0.25) is 0 Å². The molecule has 1 aliphatic rings. The van der Waals surface area contributed by atoms with Crippen molar-refractivity contribution in [3.63, 3.8) is 0 Å². The van der Waals surface area contributed by atoms with Crippen LogP contribution in [0.15, 0.2) is 66.5 Å². The van der Waals surface area contributed by atoms with Crippen molar-refractivity contribution in [1.29, 1.82) is 0 Å². The summed E-state index contributed by atoms with van der Waals surface area (Å²) >= 11 is 6.03. The number of aromatic nitrogens is 3. The molecular formula is C19H15ClN4O2. The van der Waals surface area contributed by atoms with E-state index >= 15 is 0 Å². The zero-order chi connectivity index (χ0) is 18.1. The molecule has 1 aliphatic heterocycles. The average Bonchev–Trinajstić information content (AvgIpc) is 3.16. The van der Waals surface area contributed by atoms with E-state index in [2.05, 4.69) is 15.4 Å². The molecule has 0 spiro atoms. The number of nitrogens with zero attached hydrogens (tertiary/aromatic N) is 3. The highest BCUT2D eigenvalue weighted by atomic mass is 35.5. The van der Waals surface area contributed by atoms with Gasteiger partial charge >= 0.3 is 5.97 Å². The van der Waals surface area contributed by atoms with E-state index < -0.39 is 12.0 Å². The topological polar surface area (TPSA) is 69.0 Å². The van der Waals surface area contributed by atoms with Crippen molar-refractivity contribution in [2.45, 2.75) is 6.04 Å². The first-order valence-electron chi connectivity index (χ1n) is 7.99. The van der Waals surface area contributed by atoms with Gasteiger partial charge in [0.15, 0.2) is 0 Å². The number of anilines is 1. The van der Waals surface area contributed by atoms with Crippen LogP contribution in [0.1, 0.15) is 17.2 Å². The molecule has 0 fully saturated rings. The minimum atomic E-state index is -0.478. The Labute approximate surface area is 155 Å². The van der Waals surface area contributed by atoms with Crippen LogP contribution in [0.3, 0.4) is 0 Å². The zero-order valence-corrected chi connectivity index (χ0v) is 14.6. The van der Waals surface area contributed by atoms with Gasteiger partial charge in [0.25, 0.3) is 0 Å². The Kier molecular flexibility index (Phi) is 4.18. The number of nitrogens with one attached hydrogen (secondary N) is 1. The Balaban J connectivity index is 1.97. The maximum atomic E-state index is 12.7. The smallest absolute Gasteiger partial charge is 0.338 e. The summed E-state index contributed by atoms with van der Waals surface area (Å²) in [5.41, 5.74) is 2.83. The molecule has 26 heavy (non-hydrogen) atoms. The van der Waals surface area contributed by atoms with Gasteiger partial charge < -0.3 is 10.1 Å². The number of hydrogen-bond donors (Lipinski definition) is 1. The molecule has 1 atom stereocenters. The number of methoxy groups -OCH3 is 1. The van der Waals surface area contributed by atoms with Crippen LogP contribution in [0, 0.1) is 0 Å². The molecule has 2 aromatic carbocycles. The lowest BCUT2D eigenvalue weighted by atomic mass is 9.93. The largest absolute Gasteiger partial charge is 0.466 e. The van der Waals surface area contributed by atoms with Crippen LogP contribution < -0.4 is 5.32 Å². The molecule has 0 unspecified atom stereocenters. The Morgan fingerprint density at radius 1 is 1.15 bits per heavy atom. The molecule has 7 heteroatoms. The van der Waals surface area contributed by atoms with Crippen LogP contribution in [-0.4, -0.2) is 27.8 Å². The van der Waals surface area contributed by atoms with Crippen molar-refractivity contribution < 1.29 is 9.53 Å². The molecule has 130 valence electrons. The monoisotopic (exact) mass is 366 g/mol. The highest BCUT2D eigenvalue weighted by Gasteiger charge is 2.35. The SMILES string of the molecule is COC(=O)C1=C(c2ccccc2)Nc2ncnn2[C@H]1c1ccc(Cl)cc1. The van der Waals surface area contributed by atoms with Crippen molar-refractivity contribution in [3.05, 3.63) is 82.6 Å². The van der Waals surface area contributed by atoms with Crippen molar-refractivity contribution in [2.24, 2.45) is 0 Å². The Morgan fingerprint density at radius 3 is 2.58 bits per heavy atom. The van der Waals surface area contributed by atoms with Gasteiger partial charge in [-0.25, -0.2) is 9.48 Å². The lowest BCUT2D eigenvalue weighted by molar-refractivity contribution is -0.136. The first-order valence-corrected chi connectivity index (χ1v) is 8.36. The van der Waals surface area contributed by atoms with Gasteiger partial charge in [-0.15, -0.1) is 0 Å². The first-order chi connectivity index (χ1) is 12.7. The van der Waals surface area contributed by atoms with Crippen LogP contribution in [0.25, 0.3) is 5.70 Å². The summed E-state index contributed by atoms with van der Waals surface area (Å²) in [7, 11) is 1.37. The first kappa shape index (κ1) is 16.4. The Bertz CT molecular complexity index is 980. The highest BCUT2D eigenvalue weighted by molar-refractivity contribution is 6.30. The molecule has 1 N–H and O–H groups in total. The summed E-state index contributed by atoms with van der Waals surface area (Å²) < 4.78 is 6.75. The van der Waals surface area contributed by atoms with E-state index in [-0.39, 0.29) is 0 Å². The van der Waals surface area contributed by atoms with Crippen LogP contribution in [0.5, 0.6) is 0 Å². The summed E-state index contributed by atoms with van der Waals surface area (Å²) in [4.78, 5) is 17.0. The zero-order valence-electron chi connectivity index (χ0n) is 13.9. The number of benzene rings is 2. The summed E-state index contributed by atoms with van der Waals surface area (Å²) in [5, 5.41) is 8.13. The summed E-state index contributed by atoms with van der Waals surface area (Å²) in [5.74, 6) is 0.119. The van der Waals surface area contributed by atoms with Crippen LogP contribution in [0.4, 0.5) is 5.95 Å². The normalized spacial score (nSPS) is 16.0. The predicted molar refractivity (Wildman–Crippen MR) is 98.6 cm³/mol. The number of esters is 1. The standard InChI is InChI=1S/C19H15ClN4O2/c1-26-18(25)15-16(12-5-3-2-4-6-12)23-19-21-11-22-24(19)17(15)13-7-9-14(20)10-8-13/h2-11,17H,1H3,(H,21,22,23)/t17-/m0/s1. The number of rotatable bonds is 3. The lowest BCUT2D eigenvalue weighted by Gasteiger charge is -2.29. The molecular weight excluding hydrogens is 352 g/mol. The predicted octanol–water partition coefficient (Wildman–Crippen LogP) is 3.53. The van der Waals surface area contributed by atoms with E-state index in [1.54, 1.807) is 16.8 Å². The summed E-state index contributed by atoms with van der Waals surface area (Å²) in [6.07, 6.45) is 1.45. The number of fused-ring (bicyclic) bond motifs is 1. The Morgan fingerprint density at radius 2 is 1.88 bits per heavy atom. The third kappa shape index (κ3) is 2.74. The van der Waals surface area contributed by atoms with Crippen LogP contribution >= 0.6 is 11.6 Å². The van der Waals surface area contributed by atoms with Crippen molar-refractivity contribution in [2.75, 3.05) is 12.4 Å². The molecule has 0 saturated heterocycles. The van der Waals surface area contributed by atoms with Gasteiger partial charge in [-0.05, 0) is 23.3 Å². The van der Waals surface area contributed by atoms with Gasteiger partial charge in [0.05, 0.1) is 18.4 Å². The number of hydrogen-bond acceptors (Lipinski definition) is 5.